The van der Waals surface area contributed by atoms with Gasteiger partial charge < -0.3 is 0 Å². The lowest BCUT2D eigenvalue weighted by atomic mass is 9.82. The van der Waals surface area contributed by atoms with E-state index < -0.39 is 35.4 Å². The van der Waals surface area contributed by atoms with Gasteiger partial charge in [0.2, 0.25) is 0 Å². The topological polar surface area (TPSA) is 75.4 Å². The minimum absolute atomic E-state index is 0.0593. The highest BCUT2D eigenvalue weighted by atomic mass is 31.3. The lowest BCUT2D eigenvalue weighted by Gasteiger charge is -2.46. The third kappa shape index (κ3) is 9.81. The van der Waals surface area contributed by atoms with Gasteiger partial charge in [0.15, 0.2) is 15.0 Å². The minimum Gasteiger partial charge on any atom is -0.264 e. The zero-order valence-corrected chi connectivity index (χ0v) is 36.0. The van der Waals surface area contributed by atoms with E-state index in [9.17, 15) is 0 Å². The van der Waals surface area contributed by atoms with Crippen LogP contribution in [0.4, 0.5) is 0 Å². The van der Waals surface area contributed by atoms with Gasteiger partial charge in [0, 0.05) is 5.66 Å². The number of nitrogens with zero attached hydrogens (tertiary/aromatic N) is 12. The summed E-state index contributed by atoms with van der Waals surface area (Å²) in [5.74, 6) is 0. The standard InChI is InChI=1S/C27H72N12P4/c1-25(2)40(32(8)9,33(10)11)29-41(28-27(6,7)24-26(3,4)5,30-42(34(12)13,35(14)15)36(16)17)31-43(37(18)19,38(20)21)39(22)23/h25H,24H2,1-23H3. The molecule has 0 saturated heterocycles. The molecule has 0 heterocycles. The Labute approximate surface area is 269 Å². The van der Waals surface area contributed by atoms with Crippen LogP contribution in [0.25, 0.3) is 0 Å². The molecule has 0 spiro atoms. The van der Waals surface area contributed by atoms with Crippen molar-refractivity contribution in [2.24, 2.45) is 23.7 Å². The van der Waals surface area contributed by atoms with E-state index >= 15 is 0 Å². The van der Waals surface area contributed by atoms with Crippen molar-refractivity contribution in [2.75, 3.05) is 113 Å². The predicted octanol–water partition coefficient (Wildman–Crippen LogP) is 7.97. The normalized spacial score (nSPS) is 15.0. The Bertz CT molecular complexity index is 928. The smallest absolute Gasteiger partial charge is 0.264 e. The molecule has 0 aromatic rings. The van der Waals surface area contributed by atoms with E-state index in [1.807, 2.05) is 0 Å². The quantitative estimate of drug-likeness (QED) is 0.170. The van der Waals surface area contributed by atoms with Crippen molar-refractivity contribution < 1.29 is 0 Å². The van der Waals surface area contributed by atoms with Gasteiger partial charge in [-0.3, -0.25) is 37.4 Å². The summed E-state index contributed by atoms with van der Waals surface area (Å²) in [5, 5.41) is 0. The molecule has 0 aliphatic rings. The number of hydrogen-bond donors (Lipinski definition) is 0. The zero-order valence-electron chi connectivity index (χ0n) is 32.4. The molecular weight excluding hydrogens is 616 g/mol. The number of hydrogen-bond acceptors (Lipinski definition) is 1. The van der Waals surface area contributed by atoms with Crippen LogP contribution in [-0.2, 0) is 0 Å². The SMILES string of the molecule is CC(C)P(=NP(=NC(C)(C)CC(C)(C)C)(N=P(N(C)C)(N(C)C)N(C)C)N=P(N(C)C)(N(C)C)N(C)C)(N(C)C)N(C)C. The van der Waals surface area contributed by atoms with E-state index in [-0.39, 0.29) is 11.1 Å². The van der Waals surface area contributed by atoms with Gasteiger partial charge in [0.25, 0.3) is 0 Å². The Kier molecular flexibility index (Phi) is 15.9. The fourth-order valence-electron chi connectivity index (χ4n) is 6.48. The Morgan fingerprint density at radius 2 is 0.744 bits per heavy atom. The average molecular weight is 689 g/mol. The maximum Gasteiger partial charge on any atom is 0.305 e. The highest BCUT2D eigenvalue weighted by Crippen LogP contribution is 2.79. The number of rotatable bonds is 14. The largest absolute Gasteiger partial charge is 0.305 e. The Balaban J connectivity index is 9.74. The predicted molar refractivity (Wildman–Crippen MR) is 200 cm³/mol. The third-order valence-electron chi connectivity index (χ3n) is 7.19. The van der Waals surface area contributed by atoms with Crippen molar-refractivity contribution in [3.63, 3.8) is 0 Å². The molecule has 16 heteroatoms. The second-order valence-corrected chi connectivity index (χ2v) is 29.2. The molecule has 0 aliphatic heterocycles. The van der Waals surface area contributed by atoms with Crippen molar-refractivity contribution in [1.29, 1.82) is 0 Å². The van der Waals surface area contributed by atoms with Crippen LogP contribution in [0, 0.1) is 5.41 Å². The maximum atomic E-state index is 6.09. The average Bonchev–Trinajstić information content (AvgIpc) is 2.75. The van der Waals surface area contributed by atoms with Crippen molar-refractivity contribution in [2.45, 2.75) is 66.1 Å². The lowest BCUT2D eigenvalue weighted by Crippen LogP contribution is -2.32. The van der Waals surface area contributed by atoms with E-state index in [1.54, 1.807) is 0 Å². The first-order valence-corrected chi connectivity index (χ1v) is 21.5. The molecule has 12 nitrogen and oxygen atoms in total. The van der Waals surface area contributed by atoms with Gasteiger partial charge in [-0.1, -0.05) is 34.6 Å². The van der Waals surface area contributed by atoms with Gasteiger partial charge in [0.05, 0.1) is 5.54 Å². The molecule has 0 saturated carbocycles. The van der Waals surface area contributed by atoms with Crippen LogP contribution < -0.4 is 0 Å². The van der Waals surface area contributed by atoms with Gasteiger partial charge in [-0.15, -0.1) is 0 Å². The summed E-state index contributed by atoms with van der Waals surface area (Å²) in [6.45, 7) is 15.9. The summed E-state index contributed by atoms with van der Waals surface area (Å²) < 4.78 is 42.3. The summed E-state index contributed by atoms with van der Waals surface area (Å²) in [6.07, 6.45) is 0.883. The second kappa shape index (κ2) is 15.7. The molecule has 0 fully saturated rings. The van der Waals surface area contributed by atoms with E-state index in [1.165, 1.54) is 0 Å². The molecule has 0 unspecified atom stereocenters. The molecule has 43 heavy (non-hydrogen) atoms. The fourth-order valence-corrected chi connectivity index (χ4v) is 25.9. The van der Waals surface area contributed by atoms with Crippen LogP contribution in [0.15, 0.2) is 18.3 Å². The maximum absolute atomic E-state index is 6.09. The van der Waals surface area contributed by atoms with E-state index in [2.05, 4.69) is 199 Å². The summed E-state index contributed by atoms with van der Waals surface area (Å²) in [4.78, 5) is 0. The van der Waals surface area contributed by atoms with Gasteiger partial charge in [-0.2, -0.15) is 13.5 Å². The van der Waals surface area contributed by atoms with Gasteiger partial charge >= 0.3 is 7.51 Å². The van der Waals surface area contributed by atoms with Crippen LogP contribution in [0.1, 0.15) is 54.9 Å². The Hall–Kier alpha value is 0.600. The van der Waals surface area contributed by atoms with Crippen LogP contribution in [0.3, 0.4) is 0 Å². The van der Waals surface area contributed by atoms with Gasteiger partial charge in [-0.25, -0.2) is 4.74 Å². The van der Waals surface area contributed by atoms with Crippen molar-refractivity contribution in [3.05, 3.63) is 0 Å². The molecule has 0 aliphatic carbocycles. The molecule has 0 aromatic carbocycles. The molecule has 0 bridgehead atoms. The zero-order chi connectivity index (χ0) is 34.7. The van der Waals surface area contributed by atoms with E-state index in [0.717, 1.165) is 6.42 Å². The molecule has 0 atom stereocenters. The van der Waals surface area contributed by atoms with Gasteiger partial charge in [-0.05, 0) is 138 Å². The first-order valence-electron chi connectivity index (χ1n) is 15.0. The third-order valence-corrected chi connectivity index (χ3v) is 24.0. The molecule has 0 rings (SSSR count). The molecular formula is C27H72N12P4. The molecule has 260 valence electrons. The van der Waals surface area contributed by atoms with Gasteiger partial charge in [0.1, 0.15) is 7.36 Å². The first kappa shape index (κ1) is 43.6. The van der Waals surface area contributed by atoms with E-state index in [4.69, 9.17) is 18.3 Å². The first-order chi connectivity index (χ1) is 19.0. The highest BCUT2D eigenvalue weighted by Gasteiger charge is 2.43. The molecule has 0 aromatic heterocycles. The lowest BCUT2D eigenvalue weighted by molar-refractivity contribution is 0.290. The molecule has 0 radical (unpaired) electrons. The fraction of sp³-hybridized carbons (Fsp3) is 1.00. The Morgan fingerprint density at radius 3 is 0.930 bits per heavy atom. The highest BCUT2D eigenvalue weighted by molar-refractivity contribution is 7.81. The van der Waals surface area contributed by atoms with Crippen LogP contribution in [0.5, 0.6) is 0 Å². The monoisotopic (exact) mass is 688 g/mol. The summed E-state index contributed by atoms with van der Waals surface area (Å²) in [5.41, 5.74) is -0.140. The van der Waals surface area contributed by atoms with Crippen LogP contribution >= 0.6 is 29.9 Å². The van der Waals surface area contributed by atoms with Crippen LogP contribution in [0.2, 0.25) is 0 Å². The van der Waals surface area contributed by atoms with Crippen molar-refractivity contribution in [1.82, 2.24) is 37.4 Å². The Morgan fingerprint density at radius 1 is 0.465 bits per heavy atom. The molecule has 0 amide bonds. The van der Waals surface area contributed by atoms with E-state index in [0.29, 0.717) is 0 Å². The summed E-state index contributed by atoms with van der Waals surface area (Å²) in [7, 11) is 23.6. The minimum atomic E-state index is -3.24. The second-order valence-electron chi connectivity index (χ2n) is 15.0. The molecule has 0 N–H and O–H groups in total. The van der Waals surface area contributed by atoms with Crippen LogP contribution in [-0.4, -0.2) is 161 Å². The summed E-state index contributed by atoms with van der Waals surface area (Å²) >= 11 is 0. The summed E-state index contributed by atoms with van der Waals surface area (Å²) in [6, 6.07) is 0. The van der Waals surface area contributed by atoms with Crippen molar-refractivity contribution >= 4 is 29.9 Å². The van der Waals surface area contributed by atoms with Crippen molar-refractivity contribution in [3.8, 4) is 0 Å².